The van der Waals surface area contributed by atoms with E-state index in [1.54, 1.807) is 6.08 Å². The number of hydrogen-bond donors (Lipinski definition) is 3. The molecule has 0 saturated carbocycles. The van der Waals surface area contributed by atoms with E-state index in [1.165, 1.54) is 0 Å². The summed E-state index contributed by atoms with van der Waals surface area (Å²) in [5.41, 5.74) is 0. The molecule has 1 heterocycles. The Balaban J connectivity index is 2.44. The summed E-state index contributed by atoms with van der Waals surface area (Å²) < 4.78 is 0. The monoisotopic (exact) mass is 129 g/mol. The lowest BCUT2D eigenvalue weighted by atomic mass is 10.1. The van der Waals surface area contributed by atoms with Crippen LogP contribution in [-0.4, -0.2) is 35.5 Å². The van der Waals surface area contributed by atoms with Crippen molar-refractivity contribution in [3.63, 3.8) is 0 Å². The number of rotatable bonds is 1. The highest BCUT2D eigenvalue weighted by atomic mass is 16.3. The molecule has 3 N–H and O–H groups in total. The minimum absolute atomic E-state index is 0.00843. The Morgan fingerprint density at radius 3 is 2.89 bits per heavy atom. The van der Waals surface area contributed by atoms with Crippen LogP contribution in [0.4, 0.5) is 0 Å². The molecule has 0 aromatic rings. The molecule has 1 aliphatic rings. The van der Waals surface area contributed by atoms with Crippen LogP contribution in [0.3, 0.4) is 0 Å². The topological polar surface area (TPSA) is 52.5 Å². The van der Waals surface area contributed by atoms with Gasteiger partial charge >= 0.3 is 0 Å². The van der Waals surface area contributed by atoms with E-state index in [4.69, 9.17) is 10.2 Å². The molecule has 1 rings (SSSR count). The van der Waals surface area contributed by atoms with Gasteiger partial charge in [-0.3, -0.25) is 0 Å². The largest absolute Gasteiger partial charge is 0.395 e. The number of hydrogen-bond acceptors (Lipinski definition) is 3. The smallest absolute Gasteiger partial charge is 0.0896 e. The molecule has 3 heteroatoms. The van der Waals surface area contributed by atoms with Gasteiger partial charge in [0.15, 0.2) is 0 Å². The first-order chi connectivity index (χ1) is 4.34. The van der Waals surface area contributed by atoms with E-state index in [-0.39, 0.29) is 12.6 Å². The van der Waals surface area contributed by atoms with E-state index in [0.29, 0.717) is 0 Å². The highest BCUT2D eigenvalue weighted by molar-refractivity contribution is 5.01. The van der Waals surface area contributed by atoms with Gasteiger partial charge in [0.05, 0.1) is 18.8 Å². The number of nitrogens with one attached hydrogen (secondary N) is 1. The molecular weight excluding hydrogens is 118 g/mol. The fraction of sp³-hybridized carbons (Fsp3) is 0.667. The van der Waals surface area contributed by atoms with Gasteiger partial charge in [-0.2, -0.15) is 0 Å². The second-order valence-corrected chi connectivity index (χ2v) is 2.12. The van der Waals surface area contributed by atoms with Gasteiger partial charge in [0.1, 0.15) is 0 Å². The third-order valence-corrected chi connectivity index (χ3v) is 1.44. The molecule has 0 spiro atoms. The van der Waals surface area contributed by atoms with Gasteiger partial charge in [-0.25, -0.2) is 0 Å². The van der Waals surface area contributed by atoms with Crippen molar-refractivity contribution >= 4 is 0 Å². The fourth-order valence-electron chi connectivity index (χ4n) is 0.854. The van der Waals surface area contributed by atoms with E-state index in [9.17, 15) is 0 Å². The maximum atomic E-state index is 9.06. The van der Waals surface area contributed by atoms with Gasteiger partial charge < -0.3 is 15.5 Å². The van der Waals surface area contributed by atoms with E-state index in [1.807, 2.05) is 6.08 Å². The molecule has 0 saturated heterocycles. The Morgan fingerprint density at radius 2 is 2.44 bits per heavy atom. The molecule has 0 aliphatic carbocycles. The van der Waals surface area contributed by atoms with Crippen LogP contribution in [0.5, 0.6) is 0 Å². The summed E-state index contributed by atoms with van der Waals surface area (Å²) >= 11 is 0. The fourth-order valence-corrected chi connectivity index (χ4v) is 0.854. The van der Waals surface area contributed by atoms with Crippen molar-refractivity contribution in [3.05, 3.63) is 12.2 Å². The van der Waals surface area contributed by atoms with Crippen molar-refractivity contribution in [3.8, 4) is 0 Å². The van der Waals surface area contributed by atoms with Crippen LogP contribution < -0.4 is 5.32 Å². The van der Waals surface area contributed by atoms with Crippen molar-refractivity contribution in [2.45, 2.75) is 12.1 Å². The zero-order valence-electron chi connectivity index (χ0n) is 5.12. The van der Waals surface area contributed by atoms with Crippen LogP contribution in [0.2, 0.25) is 0 Å². The van der Waals surface area contributed by atoms with Crippen LogP contribution in [0, 0.1) is 0 Å². The molecule has 9 heavy (non-hydrogen) atoms. The van der Waals surface area contributed by atoms with Crippen LogP contribution >= 0.6 is 0 Å². The van der Waals surface area contributed by atoms with Gasteiger partial charge in [0, 0.05) is 6.54 Å². The molecule has 0 bridgehead atoms. The van der Waals surface area contributed by atoms with E-state index in [0.717, 1.165) is 6.54 Å². The Morgan fingerprint density at radius 1 is 1.67 bits per heavy atom. The molecule has 0 unspecified atom stereocenters. The van der Waals surface area contributed by atoms with Crippen molar-refractivity contribution in [1.82, 2.24) is 5.32 Å². The molecular formula is C6H11NO2. The average Bonchev–Trinajstić information content (AvgIpc) is 1.89. The number of aliphatic hydroxyl groups excluding tert-OH is 2. The highest BCUT2D eigenvalue weighted by Gasteiger charge is 2.16. The molecule has 3 nitrogen and oxygen atoms in total. The van der Waals surface area contributed by atoms with Gasteiger partial charge in [0.25, 0.3) is 0 Å². The lowest BCUT2D eigenvalue weighted by molar-refractivity contribution is 0.120. The normalized spacial score (nSPS) is 34.9. The van der Waals surface area contributed by atoms with Crippen LogP contribution in [0.25, 0.3) is 0 Å². The molecule has 0 radical (unpaired) electrons. The molecule has 0 fully saturated rings. The maximum Gasteiger partial charge on any atom is 0.0896 e. The summed E-state index contributed by atoms with van der Waals surface area (Å²) in [4.78, 5) is 0. The Kier molecular flexibility index (Phi) is 2.22. The first kappa shape index (κ1) is 6.74. The Labute approximate surface area is 54.0 Å². The Bertz CT molecular complexity index is 114. The SMILES string of the molecule is OC[C@H]1NCC=C[C@@H]1O. The third-order valence-electron chi connectivity index (χ3n) is 1.44. The quantitative estimate of drug-likeness (QED) is 0.393. The molecule has 1 aliphatic heterocycles. The molecule has 2 atom stereocenters. The average molecular weight is 129 g/mol. The van der Waals surface area contributed by atoms with E-state index in [2.05, 4.69) is 5.32 Å². The Hall–Kier alpha value is -0.380. The summed E-state index contributed by atoms with van der Waals surface area (Å²) in [7, 11) is 0. The standard InChI is InChI=1S/C6H11NO2/c8-4-5-6(9)2-1-3-7-5/h1-2,5-9H,3-4H2/t5-,6+/m1/s1. The van der Waals surface area contributed by atoms with Gasteiger partial charge in [-0.15, -0.1) is 0 Å². The number of aliphatic hydroxyl groups is 2. The van der Waals surface area contributed by atoms with Crippen molar-refractivity contribution < 1.29 is 10.2 Å². The van der Waals surface area contributed by atoms with Crippen molar-refractivity contribution in [1.29, 1.82) is 0 Å². The second kappa shape index (κ2) is 2.96. The van der Waals surface area contributed by atoms with Crippen molar-refractivity contribution in [2.75, 3.05) is 13.2 Å². The summed E-state index contributed by atoms with van der Waals surface area (Å²) in [6, 6.07) is -0.171. The second-order valence-electron chi connectivity index (χ2n) is 2.12. The van der Waals surface area contributed by atoms with Crippen molar-refractivity contribution in [2.24, 2.45) is 0 Å². The molecule has 0 aromatic heterocycles. The predicted molar refractivity (Wildman–Crippen MR) is 34.0 cm³/mol. The molecule has 52 valence electrons. The van der Waals surface area contributed by atoms with Crippen LogP contribution in [0.1, 0.15) is 0 Å². The van der Waals surface area contributed by atoms with Crippen LogP contribution in [0.15, 0.2) is 12.2 Å². The summed E-state index contributed by atoms with van der Waals surface area (Å²) in [6.07, 6.45) is 3.01. The van der Waals surface area contributed by atoms with E-state index < -0.39 is 6.10 Å². The lowest BCUT2D eigenvalue weighted by Crippen LogP contribution is -2.44. The maximum absolute atomic E-state index is 9.06. The van der Waals surface area contributed by atoms with Gasteiger partial charge in [0.2, 0.25) is 0 Å². The zero-order valence-corrected chi connectivity index (χ0v) is 5.12. The van der Waals surface area contributed by atoms with Gasteiger partial charge in [-0.05, 0) is 0 Å². The van der Waals surface area contributed by atoms with Crippen LogP contribution in [-0.2, 0) is 0 Å². The highest BCUT2D eigenvalue weighted by Crippen LogP contribution is 1.98. The lowest BCUT2D eigenvalue weighted by Gasteiger charge is -2.22. The summed E-state index contributed by atoms with van der Waals surface area (Å²) in [5.74, 6) is 0. The van der Waals surface area contributed by atoms with Gasteiger partial charge in [-0.1, -0.05) is 12.2 Å². The predicted octanol–water partition coefficient (Wildman–Crippen LogP) is -1.13. The zero-order chi connectivity index (χ0) is 6.69. The summed E-state index contributed by atoms with van der Waals surface area (Å²) in [5, 5.41) is 20.6. The first-order valence-corrected chi connectivity index (χ1v) is 3.03. The third kappa shape index (κ3) is 1.51. The molecule has 0 amide bonds. The molecule has 0 aromatic carbocycles. The minimum Gasteiger partial charge on any atom is -0.395 e. The first-order valence-electron chi connectivity index (χ1n) is 3.03. The van der Waals surface area contributed by atoms with E-state index >= 15 is 0 Å². The minimum atomic E-state index is -0.524. The summed E-state index contributed by atoms with van der Waals surface area (Å²) in [6.45, 7) is 0.730.